The average Bonchev–Trinajstić information content (AvgIpc) is 2.68. The highest BCUT2D eigenvalue weighted by Crippen LogP contribution is 2.19. The van der Waals surface area contributed by atoms with E-state index in [0.717, 1.165) is 29.4 Å². The van der Waals surface area contributed by atoms with Gasteiger partial charge in [-0.3, -0.25) is 18.7 Å². The van der Waals surface area contributed by atoms with Crippen molar-refractivity contribution < 1.29 is 4.79 Å². The van der Waals surface area contributed by atoms with Crippen LogP contribution in [0.4, 0.5) is 0 Å². The lowest BCUT2D eigenvalue weighted by atomic mass is 9.97. The second-order valence-electron chi connectivity index (χ2n) is 7.15. The topological polar surface area (TPSA) is 90.3 Å². The van der Waals surface area contributed by atoms with Gasteiger partial charge in [-0.2, -0.15) is 0 Å². The average molecular weight is 407 g/mol. The van der Waals surface area contributed by atoms with E-state index in [0.29, 0.717) is 13.1 Å². The Morgan fingerprint density at radius 3 is 2.57 bits per heavy atom. The zero-order valence-corrected chi connectivity index (χ0v) is 16.8. The summed E-state index contributed by atoms with van der Waals surface area (Å²) < 4.78 is 2.46. The van der Waals surface area contributed by atoms with Crippen LogP contribution >= 0.6 is 12.4 Å². The number of nitrogens with two attached hydrogens (primary N) is 1. The number of hydrogen-bond acceptors (Lipinski definition) is 4. The second-order valence-corrected chi connectivity index (χ2v) is 7.15. The molecule has 1 aromatic carbocycles. The molecule has 2 N–H and O–H groups in total. The molecule has 1 fully saturated rings. The van der Waals surface area contributed by atoms with Crippen LogP contribution in [0.25, 0.3) is 0 Å². The number of carbonyl (C=O) groups excluding carboxylic acids is 1. The van der Waals surface area contributed by atoms with Gasteiger partial charge in [0, 0.05) is 30.9 Å². The van der Waals surface area contributed by atoms with E-state index in [1.54, 1.807) is 4.90 Å². The maximum absolute atomic E-state index is 12.8. The molecule has 1 aliphatic heterocycles. The van der Waals surface area contributed by atoms with Crippen molar-refractivity contribution in [1.82, 2.24) is 14.0 Å². The van der Waals surface area contributed by atoms with E-state index in [1.807, 2.05) is 37.3 Å². The zero-order valence-electron chi connectivity index (χ0n) is 16.0. The number of amides is 1. The highest BCUT2D eigenvalue weighted by Gasteiger charge is 2.29. The summed E-state index contributed by atoms with van der Waals surface area (Å²) in [4.78, 5) is 39.5. The first-order valence-electron chi connectivity index (χ1n) is 9.36. The van der Waals surface area contributed by atoms with E-state index in [-0.39, 0.29) is 36.9 Å². The number of nitrogens with zero attached hydrogens (tertiary/aromatic N) is 3. The summed E-state index contributed by atoms with van der Waals surface area (Å²) in [7, 11) is 0. The van der Waals surface area contributed by atoms with Gasteiger partial charge in [0.15, 0.2) is 0 Å². The third-order valence-electron chi connectivity index (χ3n) is 5.11. The molecule has 28 heavy (non-hydrogen) atoms. The van der Waals surface area contributed by atoms with Crippen LogP contribution in [0.5, 0.6) is 0 Å². The van der Waals surface area contributed by atoms with Crippen molar-refractivity contribution in [3.8, 4) is 0 Å². The number of piperidine rings is 1. The molecule has 3 rings (SSSR count). The van der Waals surface area contributed by atoms with Crippen molar-refractivity contribution in [2.75, 3.05) is 6.54 Å². The lowest BCUT2D eigenvalue weighted by molar-refractivity contribution is -0.136. The van der Waals surface area contributed by atoms with Gasteiger partial charge in [-0.15, -0.1) is 12.4 Å². The summed E-state index contributed by atoms with van der Waals surface area (Å²) >= 11 is 0. The van der Waals surface area contributed by atoms with Gasteiger partial charge in [0.2, 0.25) is 5.91 Å². The van der Waals surface area contributed by atoms with Gasteiger partial charge in [-0.25, -0.2) is 4.79 Å². The highest BCUT2D eigenvalue weighted by molar-refractivity contribution is 5.85. The van der Waals surface area contributed by atoms with E-state index in [9.17, 15) is 14.4 Å². The summed E-state index contributed by atoms with van der Waals surface area (Å²) in [5.74, 6) is -0.228. The van der Waals surface area contributed by atoms with Gasteiger partial charge in [0.25, 0.3) is 5.56 Å². The smallest absolute Gasteiger partial charge is 0.331 e. The minimum atomic E-state index is -0.478. The number of hydrogen-bond donors (Lipinski definition) is 1. The minimum Gasteiger partial charge on any atom is -0.337 e. The molecule has 0 aliphatic carbocycles. The zero-order chi connectivity index (χ0) is 19.4. The Labute approximate surface area is 170 Å². The Kier molecular flexibility index (Phi) is 7.60. The first-order chi connectivity index (χ1) is 13.0. The fraction of sp³-hybridized carbons (Fsp3) is 0.450. The maximum atomic E-state index is 12.8. The summed E-state index contributed by atoms with van der Waals surface area (Å²) in [5, 5.41) is 0. The SMILES string of the molecule is CC(N)C1CCCCN1C(=O)Cn1c(=O)ccn(Cc2ccccc2)c1=O.Cl. The highest BCUT2D eigenvalue weighted by atomic mass is 35.5. The molecule has 0 saturated carbocycles. The van der Waals surface area contributed by atoms with Crippen molar-refractivity contribution in [1.29, 1.82) is 0 Å². The molecule has 8 heteroatoms. The predicted molar refractivity (Wildman–Crippen MR) is 111 cm³/mol. The van der Waals surface area contributed by atoms with Crippen LogP contribution in [-0.2, 0) is 17.9 Å². The monoisotopic (exact) mass is 406 g/mol. The first kappa shape index (κ1) is 21.9. The molecule has 0 bridgehead atoms. The third kappa shape index (κ3) is 4.91. The fourth-order valence-electron chi connectivity index (χ4n) is 3.64. The summed E-state index contributed by atoms with van der Waals surface area (Å²) in [6, 6.07) is 10.7. The van der Waals surface area contributed by atoms with Crippen molar-refractivity contribution in [2.45, 2.75) is 51.4 Å². The molecular formula is C20H27ClN4O3. The molecular weight excluding hydrogens is 380 g/mol. The van der Waals surface area contributed by atoms with Crippen molar-refractivity contribution >= 4 is 18.3 Å². The second kappa shape index (κ2) is 9.71. The number of rotatable bonds is 5. The van der Waals surface area contributed by atoms with Crippen LogP contribution < -0.4 is 17.0 Å². The predicted octanol–water partition coefficient (Wildman–Crippen LogP) is 1.21. The molecule has 2 atom stereocenters. The maximum Gasteiger partial charge on any atom is 0.331 e. The van der Waals surface area contributed by atoms with Gasteiger partial charge >= 0.3 is 5.69 Å². The molecule has 1 amide bonds. The van der Waals surface area contributed by atoms with Gasteiger partial charge in [-0.05, 0) is 31.7 Å². The molecule has 1 saturated heterocycles. The molecule has 1 aliphatic rings. The van der Waals surface area contributed by atoms with Gasteiger partial charge in [0.1, 0.15) is 6.54 Å². The molecule has 2 aromatic rings. The van der Waals surface area contributed by atoms with Gasteiger partial charge in [-0.1, -0.05) is 30.3 Å². The third-order valence-corrected chi connectivity index (χ3v) is 5.11. The number of halogens is 1. The first-order valence-corrected chi connectivity index (χ1v) is 9.36. The Hall–Kier alpha value is -2.38. The minimum absolute atomic E-state index is 0. The van der Waals surface area contributed by atoms with Crippen LogP contribution in [0, 0.1) is 0 Å². The van der Waals surface area contributed by atoms with Crippen molar-refractivity contribution in [3.63, 3.8) is 0 Å². The van der Waals surface area contributed by atoms with E-state index in [4.69, 9.17) is 5.73 Å². The van der Waals surface area contributed by atoms with Crippen molar-refractivity contribution in [2.24, 2.45) is 5.73 Å². The van der Waals surface area contributed by atoms with Gasteiger partial charge in [0.05, 0.1) is 6.54 Å². The standard InChI is InChI=1S/C20H26N4O3.ClH/c1-15(21)17-9-5-6-11-23(17)19(26)14-24-18(25)10-12-22(20(24)27)13-16-7-3-2-4-8-16;/h2-4,7-8,10,12,15,17H,5-6,9,11,13-14,21H2,1H3;1H. The Bertz CT molecular complexity index is 908. The molecule has 0 spiro atoms. The Morgan fingerprint density at radius 2 is 1.89 bits per heavy atom. The molecule has 0 radical (unpaired) electrons. The van der Waals surface area contributed by atoms with E-state index < -0.39 is 11.2 Å². The number of benzene rings is 1. The Balaban J connectivity index is 0.00000280. The lowest BCUT2D eigenvalue weighted by Crippen LogP contribution is -2.54. The van der Waals surface area contributed by atoms with Crippen LogP contribution in [0.1, 0.15) is 31.7 Å². The normalized spacial score (nSPS) is 17.6. The quantitative estimate of drug-likeness (QED) is 0.808. The van der Waals surface area contributed by atoms with Crippen molar-refractivity contribution in [3.05, 3.63) is 69.0 Å². The molecule has 152 valence electrons. The van der Waals surface area contributed by atoms with Gasteiger partial charge < -0.3 is 10.6 Å². The number of carbonyl (C=O) groups is 1. The number of likely N-dealkylation sites (tertiary alicyclic amines) is 1. The lowest BCUT2D eigenvalue weighted by Gasteiger charge is -2.38. The number of aromatic nitrogens is 2. The Morgan fingerprint density at radius 1 is 1.18 bits per heavy atom. The molecule has 2 unspecified atom stereocenters. The summed E-state index contributed by atoms with van der Waals surface area (Å²) in [5.41, 5.74) is 6.04. The van der Waals surface area contributed by atoms with E-state index in [2.05, 4.69) is 0 Å². The van der Waals surface area contributed by atoms with Crippen LogP contribution in [0.2, 0.25) is 0 Å². The summed E-state index contributed by atoms with van der Waals surface area (Å²) in [6.07, 6.45) is 4.28. The van der Waals surface area contributed by atoms with Crippen LogP contribution in [-0.4, -0.2) is 38.6 Å². The van der Waals surface area contributed by atoms with Crippen LogP contribution in [0.3, 0.4) is 0 Å². The largest absolute Gasteiger partial charge is 0.337 e. The fourth-order valence-corrected chi connectivity index (χ4v) is 3.64. The molecule has 7 nitrogen and oxygen atoms in total. The molecule has 2 heterocycles. The van der Waals surface area contributed by atoms with Crippen LogP contribution in [0.15, 0.2) is 52.2 Å². The molecule has 1 aromatic heterocycles. The van der Waals surface area contributed by atoms with E-state index in [1.165, 1.54) is 16.8 Å². The van der Waals surface area contributed by atoms with E-state index >= 15 is 0 Å². The summed E-state index contributed by atoms with van der Waals surface area (Å²) in [6.45, 7) is 2.60.